The number of benzene rings is 2. The summed E-state index contributed by atoms with van der Waals surface area (Å²) in [5.74, 6) is 0.608. The van der Waals surface area contributed by atoms with E-state index < -0.39 is 0 Å². The lowest BCUT2D eigenvalue weighted by atomic mass is 10.1. The van der Waals surface area contributed by atoms with Crippen molar-refractivity contribution >= 4 is 11.4 Å². The average Bonchev–Trinajstić information content (AvgIpc) is 2.46. The number of nitrogen functional groups attached to an aromatic ring is 1. The monoisotopic (exact) mass is 286 g/mol. The maximum absolute atomic E-state index is 13.0. The van der Waals surface area contributed by atoms with Gasteiger partial charge >= 0.3 is 0 Å². The quantitative estimate of drug-likeness (QED) is 0.859. The zero-order valence-electron chi connectivity index (χ0n) is 12.3. The fraction of sp³-hybridized carbons (Fsp3) is 0.294. The number of nitrogens with two attached hydrogens (primary N) is 1. The maximum Gasteiger partial charge on any atom is 0.144 e. The van der Waals surface area contributed by atoms with Gasteiger partial charge in [0.15, 0.2) is 0 Å². The molecular formula is C17H19FN2O. The van der Waals surface area contributed by atoms with Gasteiger partial charge in [-0.15, -0.1) is 0 Å². The molecule has 21 heavy (non-hydrogen) atoms. The van der Waals surface area contributed by atoms with E-state index in [1.165, 1.54) is 12.1 Å². The SMILES string of the molecule is Cc1cc2c(cc1N)OCC(C)N2Cc1ccc(F)cc1. The molecular weight excluding hydrogens is 267 g/mol. The van der Waals surface area contributed by atoms with Crippen molar-refractivity contribution in [3.8, 4) is 5.75 Å². The van der Waals surface area contributed by atoms with Gasteiger partial charge in [0.25, 0.3) is 0 Å². The molecule has 1 aliphatic heterocycles. The summed E-state index contributed by atoms with van der Waals surface area (Å²) < 4.78 is 18.8. The number of hydrogen-bond donors (Lipinski definition) is 1. The molecule has 2 aromatic rings. The van der Waals surface area contributed by atoms with Crippen molar-refractivity contribution in [2.24, 2.45) is 0 Å². The molecule has 0 spiro atoms. The minimum absolute atomic E-state index is 0.210. The van der Waals surface area contributed by atoms with Gasteiger partial charge in [0.1, 0.15) is 18.2 Å². The van der Waals surface area contributed by atoms with Crippen molar-refractivity contribution in [1.29, 1.82) is 0 Å². The third kappa shape index (κ3) is 2.66. The summed E-state index contributed by atoms with van der Waals surface area (Å²) in [4.78, 5) is 2.28. The first kappa shape index (κ1) is 13.7. The van der Waals surface area contributed by atoms with E-state index >= 15 is 0 Å². The van der Waals surface area contributed by atoms with E-state index in [4.69, 9.17) is 10.5 Å². The van der Waals surface area contributed by atoms with Gasteiger partial charge in [-0.1, -0.05) is 12.1 Å². The van der Waals surface area contributed by atoms with Crippen LogP contribution in [0.15, 0.2) is 36.4 Å². The fourth-order valence-electron chi connectivity index (χ4n) is 2.59. The first-order chi connectivity index (χ1) is 10.0. The van der Waals surface area contributed by atoms with Crippen molar-refractivity contribution in [3.05, 3.63) is 53.3 Å². The molecule has 0 fully saturated rings. The highest BCUT2D eigenvalue weighted by molar-refractivity contribution is 5.68. The summed E-state index contributed by atoms with van der Waals surface area (Å²) in [6, 6.07) is 10.8. The summed E-state index contributed by atoms with van der Waals surface area (Å²) >= 11 is 0. The number of fused-ring (bicyclic) bond motifs is 1. The van der Waals surface area contributed by atoms with Crippen LogP contribution in [-0.4, -0.2) is 12.6 Å². The molecule has 2 N–H and O–H groups in total. The van der Waals surface area contributed by atoms with E-state index in [9.17, 15) is 4.39 Å². The van der Waals surface area contributed by atoms with E-state index in [1.54, 1.807) is 0 Å². The Hall–Kier alpha value is -2.23. The number of nitrogens with zero attached hydrogens (tertiary/aromatic N) is 1. The van der Waals surface area contributed by atoms with E-state index in [-0.39, 0.29) is 11.9 Å². The molecule has 0 saturated carbocycles. The Morgan fingerprint density at radius 1 is 1.29 bits per heavy atom. The third-order valence-electron chi connectivity index (χ3n) is 3.94. The topological polar surface area (TPSA) is 38.5 Å². The van der Waals surface area contributed by atoms with E-state index in [2.05, 4.69) is 17.9 Å². The smallest absolute Gasteiger partial charge is 0.144 e. The van der Waals surface area contributed by atoms with Crippen LogP contribution in [0.1, 0.15) is 18.1 Å². The highest BCUT2D eigenvalue weighted by Crippen LogP contribution is 2.38. The zero-order valence-corrected chi connectivity index (χ0v) is 12.3. The molecule has 1 unspecified atom stereocenters. The van der Waals surface area contributed by atoms with Crippen LogP contribution in [0, 0.1) is 12.7 Å². The Morgan fingerprint density at radius 3 is 2.71 bits per heavy atom. The van der Waals surface area contributed by atoms with Crippen molar-refractivity contribution in [1.82, 2.24) is 0 Å². The molecule has 0 radical (unpaired) electrons. The van der Waals surface area contributed by atoms with Crippen molar-refractivity contribution in [2.45, 2.75) is 26.4 Å². The molecule has 3 nitrogen and oxygen atoms in total. The first-order valence-corrected chi connectivity index (χ1v) is 7.08. The highest BCUT2D eigenvalue weighted by atomic mass is 19.1. The normalized spacial score (nSPS) is 17.3. The van der Waals surface area contributed by atoms with Crippen LogP contribution >= 0.6 is 0 Å². The summed E-state index contributed by atoms with van der Waals surface area (Å²) in [7, 11) is 0. The summed E-state index contributed by atoms with van der Waals surface area (Å²) in [6.07, 6.45) is 0. The second-order valence-corrected chi connectivity index (χ2v) is 5.59. The van der Waals surface area contributed by atoms with Crippen LogP contribution in [0.25, 0.3) is 0 Å². The molecule has 0 saturated heterocycles. The number of ether oxygens (including phenoxy) is 1. The Labute approximate surface area is 124 Å². The van der Waals surface area contributed by atoms with Gasteiger partial charge < -0.3 is 15.4 Å². The summed E-state index contributed by atoms with van der Waals surface area (Å²) in [5, 5.41) is 0. The van der Waals surface area contributed by atoms with Crippen LogP contribution in [0.4, 0.5) is 15.8 Å². The van der Waals surface area contributed by atoms with Crippen molar-refractivity contribution < 1.29 is 9.13 Å². The van der Waals surface area contributed by atoms with Crippen LogP contribution in [0.5, 0.6) is 5.75 Å². The van der Waals surface area contributed by atoms with Gasteiger partial charge in [-0.2, -0.15) is 0 Å². The molecule has 0 aliphatic carbocycles. The second-order valence-electron chi connectivity index (χ2n) is 5.59. The number of anilines is 2. The predicted octanol–water partition coefficient (Wildman–Crippen LogP) is 3.50. The molecule has 4 heteroatoms. The third-order valence-corrected chi connectivity index (χ3v) is 3.94. The Kier molecular flexibility index (Phi) is 3.45. The van der Waals surface area contributed by atoms with Crippen molar-refractivity contribution in [2.75, 3.05) is 17.2 Å². The van der Waals surface area contributed by atoms with Gasteiger partial charge in [-0.25, -0.2) is 4.39 Å². The molecule has 0 aromatic heterocycles. The van der Waals surface area contributed by atoms with Gasteiger partial charge in [0, 0.05) is 18.3 Å². The van der Waals surface area contributed by atoms with E-state index in [0.29, 0.717) is 6.61 Å². The summed E-state index contributed by atoms with van der Waals surface area (Å²) in [5.41, 5.74) is 9.85. The van der Waals surface area contributed by atoms with Crippen LogP contribution in [0.3, 0.4) is 0 Å². The second kappa shape index (κ2) is 5.28. The van der Waals surface area contributed by atoms with Gasteiger partial charge in [0.2, 0.25) is 0 Å². The lowest BCUT2D eigenvalue weighted by Crippen LogP contribution is -2.40. The van der Waals surface area contributed by atoms with Crippen LogP contribution in [-0.2, 0) is 6.54 Å². The van der Waals surface area contributed by atoms with Crippen LogP contribution < -0.4 is 15.4 Å². The molecule has 1 atom stereocenters. The fourth-order valence-corrected chi connectivity index (χ4v) is 2.59. The van der Waals surface area contributed by atoms with Gasteiger partial charge in [-0.3, -0.25) is 0 Å². The first-order valence-electron chi connectivity index (χ1n) is 7.08. The van der Waals surface area contributed by atoms with E-state index in [0.717, 1.165) is 34.8 Å². The average molecular weight is 286 g/mol. The summed E-state index contributed by atoms with van der Waals surface area (Å²) in [6.45, 7) is 5.46. The molecule has 110 valence electrons. The minimum atomic E-state index is -0.210. The maximum atomic E-state index is 13.0. The predicted molar refractivity (Wildman–Crippen MR) is 83.1 cm³/mol. The lowest BCUT2D eigenvalue weighted by Gasteiger charge is -2.37. The molecule has 2 aromatic carbocycles. The number of rotatable bonds is 2. The van der Waals surface area contributed by atoms with Crippen LogP contribution in [0.2, 0.25) is 0 Å². The Balaban J connectivity index is 1.95. The molecule has 1 heterocycles. The largest absolute Gasteiger partial charge is 0.489 e. The Morgan fingerprint density at radius 2 is 2.00 bits per heavy atom. The minimum Gasteiger partial charge on any atom is -0.489 e. The number of hydrogen-bond acceptors (Lipinski definition) is 3. The number of aryl methyl sites for hydroxylation is 1. The lowest BCUT2D eigenvalue weighted by molar-refractivity contribution is 0.269. The molecule has 3 rings (SSSR count). The van der Waals surface area contributed by atoms with Gasteiger partial charge in [-0.05, 0) is 43.2 Å². The molecule has 1 aliphatic rings. The zero-order chi connectivity index (χ0) is 15.0. The number of halogens is 1. The molecule has 0 amide bonds. The Bertz CT molecular complexity index is 655. The van der Waals surface area contributed by atoms with Gasteiger partial charge in [0.05, 0.1) is 11.7 Å². The highest BCUT2D eigenvalue weighted by Gasteiger charge is 2.25. The van der Waals surface area contributed by atoms with Crippen molar-refractivity contribution in [3.63, 3.8) is 0 Å². The van der Waals surface area contributed by atoms with E-state index in [1.807, 2.05) is 25.1 Å². The molecule has 0 bridgehead atoms. The standard InChI is InChI=1S/C17H19FN2O/c1-11-7-16-17(8-15(11)19)21-10-12(2)20(16)9-13-3-5-14(18)6-4-13/h3-8,12H,9-10,19H2,1-2H3.